The van der Waals surface area contributed by atoms with Gasteiger partial charge in [0, 0.05) is 23.7 Å². The Labute approximate surface area is 212 Å². The Morgan fingerprint density at radius 3 is 2.41 bits per heavy atom. The van der Waals surface area contributed by atoms with Crippen LogP contribution in [0.25, 0.3) is 0 Å². The van der Waals surface area contributed by atoms with Crippen LogP contribution in [0.1, 0.15) is 86.8 Å². The van der Waals surface area contributed by atoms with E-state index in [9.17, 15) is 0 Å². The summed E-state index contributed by atoms with van der Waals surface area (Å²) in [6, 6.07) is 15.6. The quantitative estimate of drug-likeness (QED) is 0.255. The molecule has 3 nitrogen and oxygen atoms in total. The summed E-state index contributed by atoms with van der Waals surface area (Å²) < 4.78 is 18.0. The second-order valence-electron chi connectivity index (χ2n) is 9.43. The second kappa shape index (κ2) is 14.8. The number of thioether (sulfide) groups is 1. The molecule has 2 aromatic rings. The molecule has 1 heterocycles. The van der Waals surface area contributed by atoms with Crippen molar-refractivity contribution in [3.8, 4) is 5.75 Å². The molecule has 188 valence electrons. The third-order valence-electron chi connectivity index (χ3n) is 6.53. The molecule has 0 bridgehead atoms. The van der Waals surface area contributed by atoms with Crippen molar-refractivity contribution in [3.63, 3.8) is 0 Å². The Balaban J connectivity index is 1.70. The Hall–Kier alpha value is -1.49. The van der Waals surface area contributed by atoms with Crippen molar-refractivity contribution in [2.75, 3.05) is 26.4 Å². The van der Waals surface area contributed by atoms with Crippen LogP contribution >= 0.6 is 11.8 Å². The molecule has 1 aliphatic heterocycles. The lowest BCUT2D eigenvalue weighted by molar-refractivity contribution is 0.0283. The van der Waals surface area contributed by atoms with E-state index in [-0.39, 0.29) is 0 Å². The summed E-state index contributed by atoms with van der Waals surface area (Å²) in [5, 5.41) is 0.956. The Morgan fingerprint density at radius 2 is 1.68 bits per heavy atom. The van der Waals surface area contributed by atoms with Crippen molar-refractivity contribution >= 4 is 11.8 Å². The fraction of sp³-hybridized carbons (Fsp3) is 0.600. The highest BCUT2D eigenvalue weighted by Gasteiger charge is 2.31. The third kappa shape index (κ3) is 8.62. The predicted octanol–water partition coefficient (Wildman–Crippen LogP) is 7.92. The first kappa shape index (κ1) is 27.1. The zero-order valence-electron chi connectivity index (χ0n) is 21.7. The third-order valence-corrected chi connectivity index (χ3v) is 8.04. The molecule has 2 aromatic carbocycles. The molecule has 0 aromatic heterocycles. The number of unbranched alkanes of at least 4 members (excludes halogenated alkanes) is 2. The van der Waals surface area contributed by atoms with Crippen LogP contribution in [0, 0.1) is 6.92 Å². The molecule has 3 rings (SSSR count). The van der Waals surface area contributed by atoms with E-state index in [0.29, 0.717) is 23.2 Å². The molecule has 0 saturated carbocycles. The highest BCUT2D eigenvalue weighted by Crippen LogP contribution is 2.44. The van der Waals surface area contributed by atoms with Crippen LogP contribution in [0.2, 0.25) is 0 Å². The van der Waals surface area contributed by atoms with E-state index in [1.54, 1.807) is 0 Å². The van der Waals surface area contributed by atoms with Crippen molar-refractivity contribution in [1.82, 2.24) is 0 Å². The number of rotatable bonds is 14. The van der Waals surface area contributed by atoms with Crippen LogP contribution in [-0.2, 0) is 15.9 Å². The van der Waals surface area contributed by atoms with Gasteiger partial charge in [0.05, 0.1) is 19.3 Å². The van der Waals surface area contributed by atoms with Gasteiger partial charge in [-0.05, 0) is 80.3 Å². The molecular weight excluding hydrogens is 440 g/mol. The molecule has 0 spiro atoms. The highest BCUT2D eigenvalue weighted by molar-refractivity contribution is 8.00. The monoisotopic (exact) mass is 484 g/mol. The van der Waals surface area contributed by atoms with E-state index in [1.165, 1.54) is 35.1 Å². The fourth-order valence-corrected chi connectivity index (χ4v) is 6.05. The summed E-state index contributed by atoms with van der Waals surface area (Å²) in [7, 11) is 0. The Bertz CT molecular complexity index is 835. The van der Waals surface area contributed by atoms with Crippen molar-refractivity contribution in [1.29, 1.82) is 0 Å². The van der Waals surface area contributed by atoms with Crippen molar-refractivity contribution in [3.05, 3.63) is 64.7 Å². The number of aryl methyl sites for hydroxylation is 1. The summed E-state index contributed by atoms with van der Waals surface area (Å²) in [5.74, 6) is 0.941. The summed E-state index contributed by atoms with van der Waals surface area (Å²) in [6.45, 7) is 12.0. The molecule has 1 aliphatic rings. The van der Waals surface area contributed by atoms with E-state index in [1.807, 2.05) is 6.92 Å². The summed E-state index contributed by atoms with van der Waals surface area (Å²) >= 11 is 2.09. The fourth-order valence-electron chi connectivity index (χ4n) is 4.46. The Morgan fingerprint density at radius 1 is 0.912 bits per heavy atom. The van der Waals surface area contributed by atoms with E-state index < -0.39 is 0 Å². The smallest absolute Gasteiger partial charge is 0.119 e. The SMILES string of the molecule is CCCCOC[C@@H]1C[C@H](OCCCC)C[C@H](c2ccc(C)c(Cc3ccc(OCC)cc3)c2)S1. The highest BCUT2D eigenvalue weighted by atomic mass is 32.2. The van der Waals surface area contributed by atoms with Crippen LogP contribution in [0.4, 0.5) is 0 Å². The average Bonchev–Trinajstić information content (AvgIpc) is 2.85. The van der Waals surface area contributed by atoms with Crippen molar-refractivity contribution in [2.24, 2.45) is 0 Å². The van der Waals surface area contributed by atoms with Gasteiger partial charge in [0.2, 0.25) is 0 Å². The van der Waals surface area contributed by atoms with Gasteiger partial charge in [-0.2, -0.15) is 0 Å². The van der Waals surface area contributed by atoms with Gasteiger partial charge in [0.25, 0.3) is 0 Å². The maximum atomic E-state index is 6.33. The molecular formula is C30H44O3S. The van der Waals surface area contributed by atoms with Crippen LogP contribution in [0.5, 0.6) is 5.75 Å². The number of ether oxygens (including phenoxy) is 3. The number of benzene rings is 2. The van der Waals surface area contributed by atoms with Crippen molar-refractivity contribution < 1.29 is 14.2 Å². The van der Waals surface area contributed by atoms with Gasteiger partial charge >= 0.3 is 0 Å². The first-order valence-electron chi connectivity index (χ1n) is 13.3. The maximum Gasteiger partial charge on any atom is 0.119 e. The summed E-state index contributed by atoms with van der Waals surface area (Å²) in [6.07, 6.45) is 8.11. The molecule has 0 radical (unpaired) electrons. The van der Waals surface area contributed by atoms with Crippen LogP contribution in [0.15, 0.2) is 42.5 Å². The molecule has 1 fully saturated rings. The minimum Gasteiger partial charge on any atom is -0.494 e. The summed E-state index contributed by atoms with van der Waals surface area (Å²) in [4.78, 5) is 0. The molecule has 4 heteroatoms. The van der Waals surface area contributed by atoms with E-state index in [0.717, 1.165) is 57.7 Å². The average molecular weight is 485 g/mol. The van der Waals surface area contributed by atoms with Crippen LogP contribution < -0.4 is 4.74 Å². The molecule has 34 heavy (non-hydrogen) atoms. The van der Waals surface area contributed by atoms with Gasteiger partial charge in [0.1, 0.15) is 5.75 Å². The normalized spacial score (nSPS) is 20.4. The molecule has 0 aliphatic carbocycles. The zero-order chi connectivity index (χ0) is 24.2. The van der Waals surface area contributed by atoms with Crippen LogP contribution in [0.3, 0.4) is 0 Å². The van der Waals surface area contributed by atoms with Gasteiger partial charge in [0.15, 0.2) is 0 Å². The minimum absolute atomic E-state index is 0.327. The maximum absolute atomic E-state index is 6.33. The molecule has 3 atom stereocenters. The molecule has 0 N–H and O–H groups in total. The second-order valence-corrected chi connectivity index (χ2v) is 10.9. The lowest BCUT2D eigenvalue weighted by atomic mass is 9.95. The first-order chi connectivity index (χ1) is 16.6. The summed E-state index contributed by atoms with van der Waals surface area (Å²) in [5.41, 5.74) is 5.52. The number of hydrogen-bond acceptors (Lipinski definition) is 4. The van der Waals surface area contributed by atoms with Gasteiger partial charge < -0.3 is 14.2 Å². The van der Waals surface area contributed by atoms with Gasteiger partial charge in [-0.1, -0.05) is 57.0 Å². The van der Waals surface area contributed by atoms with E-state index >= 15 is 0 Å². The lowest BCUT2D eigenvalue weighted by Crippen LogP contribution is -2.30. The predicted molar refractivity (Wildman–Crippen MR) is 145 cm³/mol. The zero-order valence-corrected chi connectivity index (χ0v) is 22.5. The van der Waals surface area contributed by atoms with Gasteiger partial charge in [-0.25, -0.2) is 0 Å². The topological polar surface area (TPSA) is 27.7 Å². The first-order valence-corrected chi connectivity index (χ1v) is 14.2. The van der Waals surface area contributed by atoms with E-state index in [4.69, 9.17) is 14.2 Å². The van der Waals surface area contributed by atoms with E-state index in [2.05, 4.69) is 75.0 Å². The molecule has 0 unspecified atom stereocenters. The number of hydrogen-bond donors (Lipinski definition) is 0. The minimum atomic E-state index is 0.327. The standard InChI is InChI=1S/C30H44O3S/c1-5-8-16-31-22-29-20-28(33-17-9-6-2)21-30(34-29)25-13-10-23(4)26(19-25)18-24-11-14-27(15-12-24)32-7-3/h10-15,19,28-30H,5-9,16-18,20-22H2,1-4H3/t28-,29-,30+/m0/s1. The molecule has 1 saturated heterocycles. The van der Waals surface area contributed by atoms with Gasteiger partial charge in [-0.3, -0.25) is 0 Å². The Kier molecular flexibility index (Phi) is 11.8. The lowest BCUT2D eigenvalue weighted by Gasteiger charge is -2.35. The largest absolute Gasteiger partial charge is 0.494 e. The van der Waals surface area contributed by atoms with Gasteiger partial charge in [-0.15, -0.1) is 11.8 Å². The molecule has 0 amide bonds. The van der Waals surface area contributed by atoms with Crippen molar-refractivity contribution in [2.45, 2.75) is 89.2 Å². The van der Waals surface area contributed by atoms with Crippen LogP contribution in [-0.4, -0.2) is 37.8 Å².